The molecule has 3 heterocycles. The van der Waals surface area contributed by atoms with E-state index in [2.05, 4.69) is 67.4 Å². The van der Waals surface area contributed by atoms with E-state index < -0.39 is 0 Å². The number of allylic oxidation sites excluding steroid dienone is 2. The van der Waals surface area contributed by atoms with Gasteiger partial charge in [0.05, 0.1) is 17.1 Å². The van der Waals surface area contributed by atoms with Crippen LogP contribution in [0.25, 0.3) is 0 Å². The van der Waals surface area contributed by atoms with Gasteiger partial charge in [0, 0.05) is 34.2 Å². The first kappa shape index (κ1) is 22.7. The van der Waals surface area contributed by atoms with Crippen molar-refractivity contribution in [1.29, 1.82) is 0 Å². The molecular weight excluding hydrogens is 379 g/mol. The average molecular weight is 407 g/mol. The second-order valence-electron chi connectivity index (χ2n) is 6.43. The van der Waals surface area contributed by atoms with Gasteiger partial charge in [0.2, 0.25) is 6.29 Å². The molecule has 27 heavy (non-hydrogen) atoms. The maximum atomic E-state index is 4.66. The molecule has 3 aromatic heterocycles. The summed E-state index contributed by atoms with van der Waals surface area (Å²) < 4.78 is 5.94. The quantitative estimate of drug-likeness (QED) is 0.485. The van der Waals surface area contributed by atoms with Crippen molar-refractivity contribution in [2.75, 3.05) is 0 Å². The van der Waals surface area contributed by atoms with Crippen LogP contribution in [0, 0.1) is 41.5 Å². The van der Waals surface area contributed by atoms with Gasteiger partial charge in [-0.15, -0.1) is 0 Å². The van der Waals surface area contributed by atoms with Crippen LogP contribution in [-0.2, 0) is 17.1 Å². The van der Waals surface area contributed by atoms with Gasteiger partial charge in [0.15, 0.2) is 0 Å². The van der Waals surface area contributed by atoms with Crippen LogP contribution in [-0.4, -0.2) is 29.3 Å². The Morgan fingerprint density at radius 3 is 1.07 bits per heavy atom. The van der Waals surface area contributed by atoms with E-state index in [0.29, 0.717) is 0 Å². The van der Waals surface area contributed by atoms with Gasteiger partial charge in [0.1, 0.15) is 0 Å². The summed E-state index contributed by atoms with van der Waals surface area (Å²) in [6.07, 6.45) is 3.05. The number of aryl methyl sites for hydroxylation is 6. The molecule has 0 saturated heterocycles. The van der Waals surface area contributed by atoms with E-state index in [4.69, 9.17) is 0 Å². The fraction of sp³-hybridized carbons (Fsp3) is 0.350. The SMILES string of the molecule is C=CC=C.Cc1cc(C)n(C(n2nc(C)cc2C)n2nc(C)cc2C)n1.[Mn]. The van der Waals surface area contributed by atoms with E-state index in [1.54, 1.807) is 12.2 Å². The number of hydrogen-bond acceptors (Lipinski definition) is 3. The third-order valence-corrected chi connectivity index (χ3v) is 3.96. The Labute approximate surface area is 172 Å². The van der Waals surface area contributed by atoms with Gasteiger partial charge < -0.3 is 0 Å². The van der Waals surface area contributed by atoms with Gasteiger partial charge >= 0.3 is 0 Å². The zero-order valence-electron chi connectivity index (χ0n) is 16.9. The van der Waals surface area contributed by atoms with Crippen molar-refractivity contribution >= 4 is 0 Å². The maximum absolute atomic E-state index is 4.66. The third-order valence-electron chi connectivity index (χ3n) is 3.96. The second kappa shape index (κ2) is 9.53. The predicted molar refractivity (Wildman–Crippen MR) is 105 cm³/mol. The first-order valence-corrected chi connectivity index (χ1v) is 8.60. The molecule has 6 nitrogen and oxygen atoms in total. The van der Waals surface area contributed by atoms with E-state index in [1.165, 1.54) is 0 Å². The molecule has 3 rings (SSSR count). The van der Waals surface area contributed by atoms with Gasteiger partial charge in [0.25, 0.3) is 0 Å². The Hall–Kier alpha value is -2.37. The van der Waals surface area contributed by atoms with Crippen LogP contribution in [0.1, 0.15) is 40.5 Å². The summed E-state index contributed by atoms with van der Waals surface area (Å²) >= 11 is 0. The second-order valence-corrected chi connectivity index (χ2v) is 6.43. The summed E-state index contributed by atoms with van der Waals surface area (Å²) in [5.41, 5.74) is 6.23. The Morgan fingerprint density at radius 2 is 0.926 bits per heavy atom. The van der Waals surface area contributed by atoms with Crippen molar-refractivity contribution in [3.63, 3.8) is 0 Å². The van der Waals surface area contributed by atoms with Crippen LogP contribution < -0.4 is 0 Å². The van der Waals surface area contributed by atoms with Crippen molar-refractivity contribution in [2.45, 2.75) is 47.8 Å². The topological polar surface area (TPSA) is 53.5 Å². The summed E-state index contributed by atoms with van der Waals surface area (Å²) in [6, 6.07) is 6.22. The van der Waals surface area contributed by atoms with E-state index >= 15 is 0 Å². The number of nitrogens with zero attached hydrogens (tertiary/aromatic N) is 6. The number of aromatic nitrogens is 6. The molecule has 0 amide bonds. The molecule has 0 fully saturated rings. The van der Waals surface area contributed by atoms with Gasteiger partial charge in [-0.2, -0.15) is 15.3 Å². The van der Waals surface area contributed by atoms with Crippen LogP contribution >= 0.6 is 0 Å². The standard InChI is InChI=1S/C16H22N6.C4H6.Mn/c1-10-7-13(4)20(17-10)16(21-14(5)8-11(2)18-21)22-15(6)9-12(3)19-22;1-3-4-2;/h7-9,16H,1-6H3;3-4H,1-2H2;. The van der Waals surface area contributed by atoms with E-state index in [0.717, 1.165) is 34.2 Å². The van der Waals surface area contributed by atoms with Gasteiger partial charge in [-0.1, -0.05) is 25.3 Å². The molecule has 7 heteroatoms. The van der Waals surface area contributed by atoms with E-state index in [-0.39, 0.29) is 23.4 Å². The zero-order chi connectivity index (χ0) is 19.4. The van der Waals surface area contributed by atoms with Gasteiger partial charge in [-0.25, -0.2) is 14.0 Å². The molecule has 0 aromatic carbocycles. The number of rotatable bonds is 4. The molecule has 0 aliphatic heterocycles. The Balaban J connectivity index is 0.000000666. The largest absolute Gasteiger partial charge is 0.238 e. The van der Waals surface area contributed by atoms with E-state index in [9.17, 15) is 0 Å². The van der Waals surface area contributed by atoms with Gasteiger partial charge in [-0.3, -0.25) is 0 Å². The molecule has 0 N–H and O–H groups in total. The fourth-order valence-corrected chi connectivity index (χ4v) is 2.95. The van der Waals surface area contributed by atoms with Crippen molar-refractivity contribution in [1.82, 2.24) is 29.3 Å². The summed E-state index contributed by atoms with van der Waals surface area (Å²) in [6.45, 7) is 18.9. The van der Waals surface area contributed by atoms with Crippen LogP contribution in [0.5, 0.6) is 0 Å². The minimum atomic E-state index is -0.226. The first-order chi connectivity index (χ1) is 12.3. The molecule has 0 aliphatic carbocycles. The molecule has 0 saturated carbocycles. The van der Waals surface area contributed by atoms with E-state index in [1.807, 2.05) is 34.8 Å². The van der Waals surface area contributed by atoms with Crippen LogP contribution in [0.2, 0.25) is 0 Å². The normalized spacial score (nSPS) is 10.2. The molecule has 0 aliphatic rings. The van der Waals surface area contributed by atoms with Crippen molar-refractivity contribution in [2.24, 2.45) is 0 Å². The van der Waals surface area contributed by atoms with Crippen LogP contribution in [0.4, 0.5) is 0 Å². The average Bonchev–Trinajstić information content (AvgIpc) is 3.19. The first-order valence-electron chi connectivity index (χ1n) is 8.60. The van der Waals surface area contributed by atoms with Crippen molar-refractivity contribution in [3.8, 4) is 0 Å². The predicted octanol–water partition coefficient (Wildman–Crippen LogP) is 4.04. The summed E-state index contributed by atoms with van der Waals surface area (Å²) in [7, 11) is 0. The fourth-order valence-electron chi connectivity index (χ4n) is 2.95. The summed E-state index contributed by atoms with van der Waals surface area (Å²) in [5.74, 6) is 0. The molecule has 0 bridgehead atoms. The van der Waals surface area contributed by atoms with Crippen molar-refractivity contribution in [3.05, 3.63) is 77.7 Å². The van der Waals surface area contributed by atoms with Gasteiger partial charge in [-0.05, 0) is 59.7 Å². The maximum Gasteiger partial charge on any atom is 0.238 e. The Bertz CT molecular complexity index is 799. The minimum absolute atomic E-state index is 0. The zero-order valence-corrected chi connectivity index (χ0v) is 18.1. The third kappa shape index (κ3) is 5.08. The minimum Gasteiger partial charge on any atom is -0.224 e. The number of hydrogen-bond donors (Lipinski definition) is 0. The van der Waals surface area contributed by atoms with Crippen LogP contribution in [0.15, 0.2) is 43.5 Å². The molecule has 1 radical (unpaired) electrons. The Morgan fingerprint density at radius 1 is 0.667 bits per heavy atom. The molecule has 0 atom stereocenters. The van der Waals surface area contributed by atoms with Crippen molar-refractivity contribution < 1.29 is 17.1 Å². The molecule has 145 valence electrons. The molecule has 0 spiro atoms. The summed E-state index contributed by atoms with van der Waals surface area (Å²) in [4.78, 5) is 0. The monoisotopic (exact) mass is 407 g/mol. The smallest absolute Gasteiger partial charge is 0.224 e. The Kier molecular flexibility index (Phi) is 8.00. The molecule has 0 unspecified atom stereocenters. The molecular formula is C20H28MnN6. The summed E-state index contributed by atoms with van der Waals surface area (Å²) in [5, 5.41) is 14.0. The molecule has 3 aromatic rings. The van der Waals surface area contributed by atoms with Crippen LogP contribution in [0.3, 0.4) is 0 Å².